The number of ether oxygens (including phenoxy) is 3. The fraction of sp³-hybridized carbons (Fsp3) is 0.634. The maximum Gasteiger partial charge on any atom is 0.311 e. The number of esters is 1. The Kier molecular flexibility index (Phi) is 16.6. The number of ketones is 1. The maximum atomic E-state index is 15.5. The summed E-state index contributed by atoms with van der Waals surface area (Å²) in [5.41, 5.74) is 1.55. The molecule has 0 aliphatic carbocycles. The monoisotopic (exact) mass is 680 g/mol. The summed E-state index contributed by atoms with van der Waals surface area (Å²) in [6, 6.07) is 6.85. The van der Waals surface area contributed by atoms with Gasteiger partial charge in [0.2, 0.25) is 0 Å². The van der Waals surface area contributed by atoms with Crippen LogP contribution in [-0.2, 0) is 16.8 Å². The number of unbranched alkanes of at least 4 members (excludes halogenated alkanes) is 13. The number of carbonyl (C=O) groups excluding carboxylic acids is 2. The van der Waals surface area contributed by atoms with Gasteiger partial charge >= 0.3 is 5.97 Å². The van der Waals surface area contributed by atoms with Gasteiger partial charge in [-0.25, -0.2) is 4.39 Å². The van der Waals surface area contributed by atoms with E-state index in [2.05, 4.69) is 6.92 Å². The zero-order chi connectivity index (χ0) is 35.8. The number of halogens is 1. The highest BCUT2D eigenvalue weighted by atomic mass is 19.1. The third-order valence-corrected chi connectivity index (χ3v) is 9.17. The minimum atomic E-state index is -0.641. The summed E-state index contributed by atoms with van der Waals surface area (Å²) in [7, 11) is 0. The molecule has 2 aromatic rings. The number of carbonyl (C=O) groups is 2. The van der Waals surface area contributed by atoms with E-state index >= 15 is 4.39 Å². The minimum absolute atomic E-state index is 0.00896. The highest BCUT2D eigenvalue weighted by Crippen LogP contribution is 2.39. The molecule has 0 aromatic heterocycles. The van der Waals surface area contributed by atoms with Gasteiger partial charge in [0.05, 0.1) is 25.3 Å². The molecule has 3 rings (SSSR count). The average Bonchev–Trinajstić information content (AvgIpc) is 3.36. The van der Waals surface area contributed by atoms with Crippen LogP contribution in [0.2, 0.25) is 0 Å². The first-order chi connectivity index (χ1) is 23.5. The first-order valence-electron chi connectivity index (χ1n) is 18.8. The van der Waals surface area contributed by atoms with Gasteiger partial charge in [-0.2, -0.15) is 0 Å². The molecule has 0 amide bonds. The van der Waals surface area contributed by atoms with Crippen LogP contribution in [0.15, 0.2) is 24.3 Å². The lowest BCUT2D eigenvalue weighted by atomic mass is 9.85. The molecule has 0 spiro atoms. The van der Waals surface area contributed by atoms with Gasteiger partial charge in [0.15, 0.2) is 23.1 Å². The molecule has 1 aliphatic rings. The van der Waals surface area contributed by atoms with Crippen LogP contribution in [-0.4, -0.2) is 42.2 Å². The van der Waals surface area contributed by atoms with Crippen molar-refractivity contribution in [2.75, 3.05) is 19.8 Å². The lowest BCUT2D eigenvalue weighted by molar-refractivity contribution is -0.134. The predicted molar refractivity (Wildman–Crippen MR) is 196 cm³/mol. The number of benzene rings is 2. The summed E-state index contributed by atoms with van der Waals surface area (Å²) in [6.07, 6.45) is 18.0. The summed E-state index contributed by atoms with van der Waals surface area (Å²) in [4.78, 5) is 27.9. The Balaban J connectivity index is 1.49. The van der Waals surface area contributed by atoms with Gasteiger partial charge in [-0.3, -0.25) is 15.0 Å². The first kappa shape index (κ1) is 40.0. The number of nitrogens with one attached hydrogen (secondary N) is 1. The Bertz CT molecular complexity index is 1380. The van der Waals surface area contributed by atoms with Crippen molar-refractivity contribution in [2.45, 2.75) is 150 Å². The summed E-state index contributed by atoms with van der Waals surface area (Å²) < 4.78 is 32.4. The molecule has 0 saturated carbocycles. The molecule has 2 aromatic carbocycles. The number of fused-ring (bicyclic) bond motifs is 1. The topological polar surface area (TPSA) is 88.9 Å². The third kappa shape index (κ3) is 12.1. The highest BCUT2D eigenvalue weighted by Gasteiger charge is 2.33. The van der Waals surface area contributed by atoms with Gasteiger partial charge < -0.3 is 19.1 Å². The summed E-state index contributed by atoms with van der Waals surface area (Å²) in [5.74, 6) is -0.413. The van der Waals surface area contributed by atoms with Gasteiger partial charge in [-0.1, -0.05) is 111 Å². The number of amidine groups is 1. The molecule has 0 saturated heterocycles. The van der Waals surface area contributed by atoms with Crippen LogP contribution < -0.4 is 14.2 Å². The fourth-order valence-corrected chi connectivity index (χ4v) is 6.44. The first-order valence-corrected chi connectivity index (χ1v) is 18.8. The van der Waals surface area contributed by atoms with Crippen LogP contribution in [0.4, 0.5) is 4.39 Å². The van der Waals surface area contributed by atoms with Crippen LogP contribution in [0.3, 0.4) is 0 Å². The van der Waals surface area contributed by atoms with Crippen molar-refractivity contribution in [3.05, 3.63) is 52.3 Å². The van der Waals surface area contributed by atoms with Crippen LogP contribution in [0.5, 0.6) is 17.2 Å². The van der Waals surface area contributed by atoms with E-state index < -0.39 is 5.82 Å². The number of Topliss-reactive ketones (excluding diaryl/α,β-unsaturated/α-hetero) is 1. The highest BCUT2D eigenvalue weighted by molar-refractivity contribution is 6.06. The second-order valence-electron chi connectivity index (χ2n) is 14.3. The number of rotatable bonds is 23. The summed E-state index contributed by atoms with van der Waals surface area (Å²) >= 11 is 0. The van der Waals surface area contributed by atoms with Gasteiger partial charge in [0.25, 0.3) is 0 Å². The molecule has 0 radical (unpaired) electrons. The van der Waals surface area contributed by atoms with E-state index in [1.54, 1.807) is 36.1 Å². The van der Waals surface area contributed by atoms with Gasteiger partial charge in [-0.15, -0.1) is 0 Å². The van der Waals surface area contributed by atoms with Crippen LogP contribution in [0.1, 0.15) is 165 Å². The van der Waals surface area contributed by atoms with E-state index in [0.29, 0.717) is 35.7 Å². The van der Waals surface area contributed by atoms with E-state index in [0.717, 1.165) is 24.8 Å². The Labute approximate surface area is 294 Å². The summed E-state index contributed by atoms with van der Waals surface area (Å²) in [5, 5.41) is 8.67. The molecule has 49 heavy (non-hydrogen) atoms. The van der Waals surface area contributed by atoms with E-state index in [1.807, 2.05) is 27.7 Å². The molecule has 1 heterocycles. The van der Waals surface area contributed by atoms with Crippen molar-refractivity contribution in [1.82, 2.24) is 4.90 Å². The van der Waals surface area contributed by atoms with E-state index in [4.69, 9.17) is 19.6 Å². The SMILES string of the molecule is CCCCCCCCCCCCCCCCC(=O)Oc1ccc(C(=O)CN2Cc3cc(OCC)c(OCC)c(F)c3C2=N)cc1C(C)(C)C. The molecule has 0 unspecified atom stereocenters. The molecule has 8 heteroatoms. The normalized spacial score (nSPS) is 12.7. The summed E-state index contributed by atoms with van der Waals surface area (Å²) in [6.45, 7) is 12.6. The minimum Gasteiger partial charge on any atom is -0.490 e. The van der Waals surface area contributed by atoms with Crippen molar-refractivity contribution in [3.63, 3.8) is 0 Å². The van der Waals surface area contributed by atoms with Crippen LogP contribution >= 0.6 is 0 Å². The lowest BCUT2D eigenvalue weighted by Crippen LogP contribution is -2.30. The molecule has 0 fully saturated rings. The van der Waals surface area contributed by atoms with E-state index in [9.17, 15) is 9.59 Å². The average molecular weight is 681 g/mol. The molecule has 0 bridgehead atoms. The third-order valence-electron chi connectivity index (χ3n) is 9.17. The second-order valence-corrected chi connectivity index (χ2v) is 14.3. The molecule has 7 nitrogen and oxygen atoms in total. The zero-order valence-corrected chi connectivity index (χ0v) is 31.1. The van der Waals surface area contributed by atoms with Crippen molar-refractivity contribution >= 4 is 17.6 Å². The van der Waals surface area contributed by atoms with Crippen molar-refractivity contribution < 1.29 is 28.2 Å². The molecule has 1 N–H and O–H groups in total. The second kappa shape index (κ2) is 20.3. The van der Waals surface area contributed by atoms with Gasteiger partial charge in [0.1, 0.15) is 11.6 Å². The number of nitrogens with zero attached hydrogens (tertiary/aromatic N) is 1. The van der Waals surface area contributed by atoms with Crippen molar-refractivity contribution in [2.24, 2.45) is 0 Å². The maximum absolute atomic E-state index is 15.5. The smallest absolute Gasteiger partial charge is 0.311 e. The Morgan fingerprint density at radius 2 is 1.37 bits per heavy atom. The van der Waals surface area contributed by atoms with Crippen LogP contribution in [0, 0.1) is 11.2 Å². The number of hydrogen-bond donors (Lipinski definition) is 1. The van der Waals surface area contributed by atoms with Gasteiger partial charge in [-0.05, 0) is 55.5 Å². The molecule has 0 atom stereocenters. The van der Waals surface area contributed by atoms with E-state index in [-0.39, 0.29) is 54.0 Å². The largest absolute Gasteiger partial charge is 0.490 e. The quantitative estimate of drug-likeness (QED) is 0.0544. The van der Waals surface area contributed by atoms with Crippen LogP contribution in [0.25, 0.3) is 0 Å². The molecular formula is C41H61FN2O5. The van der Waals surface area contributed by atoms with Crippen molar-refractivity contribution in [1.29, 1.82) is 5.41 Å². The molecule has 272 valence electrons. The number of hydrogen-bond acceptors (Lipinski definition) is 6. The Morgan fingerprint density at radius 3 is 1.92 bits per heavy atom. The Hall–Kier alpha value is -3.42. The lowest BCUT2D eigenvalue weighted by Gasteiger charge is -2.23. The predicted octanol–water partition coefficient (Wildman–Crippen LogP) is 10.7. The fourth-order valence-electron chi connectivity index (χ4n) is 6.44. The Morgan fingerprint density at radius 1 is 0.796 bits per heavy atom. The van der Waals surface area contributed by atoms with Crippen molar-refractivity contribution in [3.8, 4) is 17.2 Å². The van der Waals surface area contributed by atoms with E-state index in [1.165, 1.54) is 70.6 Å². The van der Waals surface area contributed by atoms with Gasteiger partial charge in [0, 0.05) is 24.1 Å². The zero-order valence-electron chi connectivity index (χ0n) is 31.1. The standard InChI is InChI=1S/C41H61FN2O5/c1-7-10-11-12-13-14-15-16-17-18-19-20-21-22-23-36(46)49-34-25-24-30(26-32(34)41(4,5)6)33(45)29-44-28-31-27-35(47-8-2)39(48-9-3)38(42)37(31)40(44)43/h24-27,43H,7-23,28-29H2,1-6H3. The molecular weight excluding hydrogens is 619 g/mol. The molecule has 1 aliphatic heterocycles.